The van der Waals surface area contributed by atoms with Gasteiger partial charge in [-0.25, -0.2) is 4.98 Å². The molecule has 0 spiro atoms. The third kappa shape index (κ3) is 2.96. The molecule has 1 aliphatic rings. The minimum absolute atomic E-state index is 0.487. The van der Waals surface area contributed by atoms with Crippen molar-refractivity contribution in [1.29, 1.82) is 0 Å². The molecule has 0 radical (unpaired) electrons. The summed E-state index contributed by atoms with van der Waals surface area (Å²) >= 11 is 1.69. The molecule has 0 atom stereocenters. The minimum Gasteiger partial charge on any atom is -0.308 e. The van der Waals surface area contributed by atoms with E-state index in [1.54, 1.807) is 11.3 Å². The first-order valence-corrected chi connectivity index (χ1v) is 11.0. The second-order valence-electron chi connectivity index (χ2n) is 7.78. The molecule has 142 valence electrons. The lowest BCUT2D eigenvalue weighted by atomic mass is 10.0. The van der Waals surface area contributed by atoms with Crippen LogP contribution in [0.3, 0.4) is 0 Å². The van der Waals surface area contributed by atoms with Crippen LogP contribution in [0.25, 0.3) is 27.0 Å². The number of hydrogen-bond acceptors (Lipinski definition) is 3. The van der Waals surface area contributed by atoms with Crippen LogP contribution in [0, 0.1) is 0 Å². The molecule has 0 bridgehead atoms. The largest absolute Gasteiger partial charge is 0.308 e. The smallest absolute Gasteiger partial charge is 0.194 e. The highest BCUT2D eigenvalue weighted by molar-refractivity contribution is 7.15. The summed E-state index contributed by atoms with van der Waals surface area (Å²) in [4.78, 5) is 6.03. The number of benzene rings is 3. The maximum atomic E-state index is 4.98. The molecule has 0 fully saturated rings. The Bertz CT molecular complexity index is 1310. The lowest BCUT2D eigenvalue weighted by Gasteiger charge is -2.13. The van der Waals surface area contributed by atoms with Gasteiger partial charge in [0.15, 0.2) is 4.96 Å². The van der Waals surface area contributed by atoms with Gasteiger partial charge in [0.25, 0.3) is 0 Å². The van der Waals surface area contributed by atoms with Crippen LogP contribution in [0.4, 0.5) is 0 Å². The summed E-state index contributed by atoms with van der Waals surface area (Å²) in [7, 11) is 0. The number of rotatable bonds is 4. The summed E-state index contributed by atoms with van der Waals surface area (Å²) < 4.78 is 2.24. The van der Waals surface area contributed by atoms with Gasteiger partial charge in [-0.05, 0) is 40.8 Å². The molecule has 1 N–H and O–H groups in total. The van der Waals surface area contributed by atoms with E-state index >= 15 is 0 Å². The van der Waals surface area contributed by atoms with Gasteiger partial charge in [0.05, 0.1) is 11.4 Å². The van der Waals surface area contributed by atoms with Gasteiger partial charge >= 0.3 is 0 Å². The second kappa shape index (κ2) is 6.83. The van der Waals surface area contributed by atoms with Crippen LogP contribution in [0.2, 0.25) is 0 Å². The molecule has 3 aromatic carbocycles. The van der Waals surface area contributed by atoms with E-state index in [1.807, 2.05) is 0 Å². The van der Waals surface area contributed by atoms with Crippen molar-refractivity contribution in [1.82, 2.24) is 14.7 Å². The standard InChI is InChI=1S/C25H21N3S/c1-2-6-18-13-21(10-9-17(18)5-1)24-23(28-11-12-29-25(28)27-24)16-26-22-14-19-7-3-4-8-20(19)15-22/h1-13,22,26H,14-16H2. The summed E-state index contributed by atoms with van der Waals surface area (Å²) in [6, 6.07) is 24.5. The number of aromatic nitrogens is 2. The van der Waals surface area contributed by atoms with E-state index in [0.29, 0.717) is 6.04 Å². The molecular formula is C25H21N3S. The van der Waals surface area contributed by atoms with Crippen LogP contribution in [0.5, 0.6) is 0 Å². The number of fused-ring (bicyclic) bond motifs is 3. The van der Waals surface area contributed by atoms with E-state index in [2.05, 4.69) is 88.0 Å². The van der Waals surface area contributed by atoms with Crippen molar-refractivity contribution in [2.24, 2.45) is 0 Å². The summed E-state index contributed by atoms with van der Waals surface area (Å²) in [5.74, 6) is 0. The van der Waals surface area contributed by atoms with Gasteiger partial charge in [0.1, 0.15) is 0 Å². The molecule has 1 aliphatic carbocycles. The molecular weight excluding hydrogens is 374 g/mol. The minimum atomic E-state index is 0.487. The molecule has 0 aliphatic heterocycles. The average molecular weight is 396 g/mol. The zero-order chi connectivity index (χ0) is 19.2. The van der Waals surface area contributed by atoms with Crippen molar-refractivity contribution in [3.8, 4) is 11.3 Å². The normalized spacial score (nSPS) is 14.1. The number of imidazole rings is 1. The quantitative estimate of drug-likeness (QED) is 0.437. The topological polar surface area (TPSA) is 29.3 Å². The SMILES string of the molecule is c1ccc2c(c1)CC(NCc1c(-c3ccc4ccccc4c3)nc3sccn13)C2. The Morgan fingerprint density at radius 1 is 0.931 bits per heavy atom. The Labute approximate surface area is 173 Å². The lowest BCUT2D eigenvalue weighted by Crippen LogP contribution is -2.29. The molecule has 6 rings (SSSR count). The Kier molecular flexibility index (Phi) is 3.99. The maximum Gasteiger partial charge on any atom is 0.194 e. The van der Waals surface area contributed by atoms with Crippen LogP contribution in [0.1, 0.15) is 16.8 Å². The first-order valence-electron chi connectivity index (χ1n) is 10.1. The Morgan fingerprint density at radius 3 is 2.52 bits per heavy atom. The fourth-order valence-corrected chi connectivity index (χ4v) is 5.25. The average Bonchev–Trinajstić information content (AvgIpc) is 3.46. The van der Waals surface area contributed by atoms with Crippen LogP contribution in [-0.2, 0) is 19.4 Å². The fraction of sp³-hybridized carbons (Fsp3) is 0.160. The number of thiazole rings is 1. The Balaban J connectivity index is 1.33. The van der Waals surface area contributed by atoms with Crippen molar-refractivity contribution >= 4 is 27.1 Å². The number of nitrogens with zero attached hydrogens (tertiary/aromatic N) is 2. The molecule has 3 nitrogen and oxygen atoms in total. The third-order valence-electron chi connectivity index (χ3n) is 5.99. The molecule has 0 unspecified atom stereocenters. The maximum absolute atomic E-state index is 4.98. The highest BCUT2D eigenvalue weighted by atomic mass is 32.1. The van der Waals surface area contributed by atoms with E-state index in [9.17, 15) is 0 Å². The molecule has 4 heteroatoms. The van der Waals surface area contributed by atoms with Crippen molar-refractivity contribution in [2.45, 2.75) is 25.4 Å². The second-order valence-corrected chi connectivity index (χ2v) is 8.65. The first-order chi connectivity index (χ1) is 14.3. The fourth-order valence-electron chi connectivity index (χ4n) is 4.51. The molecule has 2 aromatic heterocycles. The van der Waals surface area contributed by atoms with Crippen molar-refractivity contribution in [2.75, 3.05) is 0 Å². The van der Waals surface area contributed by atoms with E-state index in [-0.39, 0.29) is 0 Å². The first kappa shape index (κ1) is 17.0. The summed E-state index contributed by atoms with van der Waals surface area (Å²) in [5, 5.41) is 8.44. The van der Waals surface area contributed by atoms with E-state index in [4.69, 9.17) is 4.98 Å². The monoisotopic (exact) mass is 395 g/mol. The van der Waals surface area contributed by atoms with Crippen LogP contribution < -0.4 is 5.32 Å². The zero-order valence-electron chi connectivity index (χ0n) is 16.0. The van der Waals surface area contributed by atoms with E-state index in [0.717, 1.165) is 30.0 Å². The van der Waals surface area contributed by atoms with Gasteiger partial charge in [-0.15, -0.1) is 11.3 Å². The van der Waals surface area contributed by atoms with Gasteiger partial charge in [-0.1, -0.05) is 60.7 Å². The van der Waals surface area contributed by atoms with Crippen LogP contribution in [0.15, 0.2) is 78.3 Å². The van der Waals surface area contributed by atoms with E-state index in [1.165, 1.54) is 33.2 Å². The van der Waals surface area contributed by atoms with Gasteiger partial charge in [-0.3, -0.25) is 4.40 Å². The summed E-state index contributed by atoms with van der Waals surface area (Å²) in [5.41, 5.74) is 6.48. The van der Waals surface area contributed by atoms with Crippen molar-refractivity contribution < 1.29 is 0 Å². The Hall–Kier alpha value is -2.95. The van der Waals surface area contributed by atoms with Crippen LogP contribution in [-0.4, -0.2) is 15.4 Å². The Morgan fingerprint density at radius 2 is 1.69 bits per heavy atom. The molecule has 29 heavy (non-hydrogen) atoms. The molecule has 0 amide bonds. The van der Waals surface area contributed by atoms with Gasteiger partial charge in [0, 0.05) is 29.7 Å². The van der Waals surface area contributed by atoms with Crippen LogP contribution >= 0.6 is 11.3 Å². The van der Waals surface area contributed by atoms with Gasteiger partial charge in [0.2, 0.25) is 0 Å². The van der Waals surface area contributed by atoms with E-state index < -0.39 is 0 Å². The van der Waals surface area contributed by atoms with Crippen molar-refractivity contribution in [3.63, 3.8) is 0 Å². The van der Waals surface area contributed by atoms with Gasteiger partial charge < -0.3 is 5.32 Å². The number of hydrogen-bond donors (Lipinski definition) is 1. The lowest BCUT2D eigenvalue weighted by molar-refractivity contribution is 0.527. The highest BCUT2D eigenvalue weighted by Crippen LogP contribution is 2.30. The molecule has 0 saturated heterocycles. The predicted molar refractivity (Wildman–Crippen MR) is 120 cm³/mol. The van der Waals surface area contributed by atoms with Crippen molar-refractivity contribution in [3.05, 3.63) is 95.1 Å². The third-order valence-corrected chi connectivity index (χ3v) is 6.75. The predicted octanol–water partition coefficient (Wildman–Crippen LogP) is 5.47. The molecule has 5 aromatic rings. The molecule has 2 heterocycles. The zero-order valence-corrected chi connectivity index (χ0v) is 16.8. The summed E-state index contributed by atoms with van der Waals surface area (Å²) in [6.45, 7) is 0.818. The van der Waals surface area contributed by atoms with Gasteiger partial charge in [-0.2, -0.15) is 0 Å². The summed E-state index contributed by atoms with van der Waals surface area (Å²) in [6.07, 6.45) is 4.35. The highest BCUT2D eigenvalue weighted by Gasteiger charge is 2.22. The molecule has 0 saturated carbocycles. The number of nitrogens with one attached hydrogen (secondary N) is 1.